The van der Waals surface area contributed by atoms with Gasteiger partial charge in [-0.15, -0.1) is 0 Å². The number of nitrogens with one attached hydrogen (secondary N) is 2. The molecule has 0 unspecified atom stereocenters. The number of allylic oxidation sites excluding steroid dienone is 1. The lowest BCUT2D eigenvalue weighted by molar-refractivity contribution is -0.118. The van der Waals surface area contributed by atoms with Crippen LogP contribution in [0.15, 0.2) is 46.6 Å². The van der Waals surface area contributed by atoms with E-state index in [1.807, 2.05) is 0 Å². The Morgan fingerprint density at radius 2 is 1.73 bits per heavy atom. The van der Waals surface area contributed by atoms with Crippen molar-refractivity contribution >= 4 is 23.8 Å². The summed E-state index contributed by atoms with van der Waals surface area (Å²) in [5.41, 5.74) is 8.94. The van der Waals surface area contributed by atoms with E-state index in [-0.39, 0.29) is 25.2 Å². The molecule has 0 saturated carbocycles. The van der Waals surface area contributed by atoms with Crippen LogP contribution in [-0.4, -0.2) is 61.4 Å². The fraction of sp³-hybridized carbons (Fsp3) is 0.421. The number of rotatable bonds is 6. The van der Waals surface area contributed by atoms with Crippen LogP contribution in [0.1, 0.15) is 12.8 Å². The highest BCUT2D eigenvalue weighted by Gasteiger charge is 2.35. The van der Waals surface area contributed by atoms with Gasteiger partial charge in [0.05, 0.1) is 11.3 Å². The highest BCUT2D eigenvalue weighted by molar-refractivity contribution is 6.13. The maximum absolute atomic E-state index is 13.0. The largest absolute Gasteiger partial charge is 0.431 e. The fourth-order valence-electron chi connectivity index (χ4n) is 2.71. The van der Waals surface area contributed by atoms with Gasteiger partial charge in [0, 0.05) is 38.4 Å². The average Bonchev–Trinajstić information content (AvgIpc) is 2.71. The van der Waals surface area contributed by atoms with Gasteiger partial charge in [-0.05, 0) is 25.0 Å². The number of carbonyl (C=O) groups is 2. The van der Waals surface area contributed by atoms with E-state index in [1.54, 1.807) is 35.2 Å². The van der Waals surface area contributed by atoms with E-state index in [0.717, 1.165) is 6.21 Å². The fourth-order valence-corrected chi connectivity index (χ4v) is 2.71. The minimum atomic E-state index is -4.89. The number of likely N-dealkylation sites (tertiary alicyclic amines) is 1. The van der Waals surface area contributed by atoms with Gasteiger partial charge in [-0.1, -0.05) is 18.2 Å². The normalized spacial score (nSPS) is 16.3. The molecule has 1 heterocycles. The van der Waals surface area contributed by atoms with Gasteiger partial charge in [0.15, 0.2) is 0 Å². The Kier molecular flexibility index (Phi) is 8.22. The van der Waals surface area contributed by atoms with Crippen molar-refractivity contribution in [2.45, 2.75) is 25.1 Å². The lowest BCUT2D eigenvalue weighted by Gasteiger charge is -2.30. The zero-order valence-electron chi connectivity index (χ0n) is 16.3. The van der Waals surface area contributed by atoms with Crippen LogP contribution < -0.4 is 22.1 Å². The summed E-state index contributed by atoms with van der Waals surface area (Å²) in [6.07, 6.45) is -2.70. The summed E-state index contributed by atoms with van der Waals surface area (Å²) >= 11 is 0. The third kappa shape index (κ3) is 7.07. The number of alkyl halides is 3. The molecule has 0 aliphatic carbocycles. The summed E-state index contributed by atoms with van der Waals surface area (Å²) in [5, 5.41) is 4.92. The summed E-state index contributed by atoms with van der Waals surface area (Å²) in [6.45, 7) is 1.03. The lowest BCUT2D eigenvalue weighted by Crippen LogP contribution is -2.48. The second kappa shape index (κ2) is 10.6. The molecule has 1 aromatic rings. The maximum Gasteiger partial charge on any atom is 0.431 e. The number of halogens is 3. The summed E-state index contributed by atoms with van der Waals surface area (Å²) in [5.74, 6) is -1.04. The van der Waals surface area contributed by atoms with Gasteiger partial charge in [0.2, 0.25) is 0 Å². The second-order valence-electron chi connectivity index (χ2n) is 6.73. The predicted octanol–water partition coefficient (Wildman–Crippen LogP) is 1.41. The van der Waals surface area contributed by atoms with Gasteiger partial charge in [-0.25, -0.2) is 4.79 Å². The van der Waals surface area contributed by atoms with Crippen LogP contribution in [0.4, 0.5) is 23.7 Å². The maximum atomic E-state index is 13.0. The first-order chi connectivity index (χ1) is 14.2. The zero-order valence-corrected chi connectivity index (χ0v) is 16.3. The average molecular weight is 426 g/mol. The van der Waals surface area contributed by atoms with Gasteiger partial charge in [0.25, 0.3) is 5.91 Å². The number of nitrogens with zero attached hydrogens (tertiary/aromatic N) is 2. The molecule has 164 valence electrons. The molecule has 0 radical (unpaired) electrons. The molecule has 1 aromatic carbocycles. The van der Waals surface area contributed by atoms with Crippen molar-refractivity contribution in [3.63, 3.8) is 0 Å². The molecule has 11 heteroatoms. The number of nitrogens with two attached hydrogens (primary N) is 2. The van der Waals surface area contributed by atoms with Gasteiger partial charge >= 0.3 is 12.2 Å². The Balaban J connectivity index is 1.93. The van der Waals surface area contributed by atoms with Crippen LogP contribution in [0.5, 0.6) is 0 Å². The number of aliphatic imine (C=N–C) groups is 1. The van der Waals surface area contributed by atoms with Crippen LogP contribution in [0.25, 0.3) is 0 Å². The summed E-state index contributed by atoms with van der Waals surface area (Å²) < 4.78 is 39.1. The van der Waals surface area contributed by atoms with Crippen LogP contribution in [0.3, 0.4) is 0 Å². The lowest BCUT2D eigenvalue weighted by atomic mass is 10.1. The molecule has 1 aliphatic rings. The zero-order chi connectivity index (χ0) is 22.1. The predicted molar refractivity (Wildman–Crippen MR) is 107 cm³/mol. The molecular weight excluding hydrogens is 401 g/mol. The number of hydrogen-bond donors (Lipinski definition) is 4. The third-order valence-corrected chi connectivity index (χ3v) is 4.45. The highest BCUT2D eigenvalue weighted by atomic mass is 19.4. The topological polar surface area (TPSA) is 126 Å². The number of amides is 3. The molecule has 1 aliphatic heterocycles. The molecule has 8 nitrogen and oxygen atoms in total. The van der Waals surface area contributed by atoms with Crippen molar-refractivity contribution in [3.05, 3.63) is 41.6 Å². The van der Waals surface area contributed by atoms with E-state index in [4.69, 9.17) is 11.5 Å². The Labute approximate surface area is 172 Å². The summed E-state index contributed by atoms with van der Waals surface area (Å²) in [7, 11) is 0. The quantitative estimate of drug-likeness (QED) is 0.312. The van der Waals surface area contributed by atoms with Crippen molar-refractivity contribution < 1.29 is 22.8 Å². The smallest absolute Gasteiger partial charge is 0.394 e. The minimum absolute atomic E-state index is 0.0438. The number of carbonyl (C=O) groups excluding carboxylic acids is 2. The Morgan fingerprint density at radius 3 is 2.33 bits per heavy atom. The summed E-state index contributed by atoms with van der Waals surface area (Å²) in [6, 6.07) is 7.93. The molecule has 2 rings (SSSR count). The first kappa shape index (κ1) is 23.2. The van der Waals surface area contributed by atoms with E-state index in [9.17, 15) is 22.8 Å². The van der Waals surface area contributed by atoms with Crippen LogP contribution >= 0.6 is 0 Å². The molecule has 0 aromatic heterocycles. The van der Waals surface area contributed by atoms with E-state index >= 15 is 0 Å². The molecule has 3 amide bonds. The molecule has 1 fully saturated rings. The third-order valence-electron chi connectivity index (χ3n) is 4.45. The van der Waals surface area contributed by atoms with Crippen LogP contribution in [0.2, 0.25) is 0 Å². The first-order valence-corrected chi connectivity index (χ1v) is 9.41. The van der Waals surface area contributed by atoms with Crippen LogP contribution in [-0.2, 0) is 4.79 Å². The summed E-state index contributed by atoms with van der Waals surface area (Å²) in [4.78, 5) is 29.8. The number of piperidine rings is 1. The van der Waals surface area contributed by atoms with Gasteiger partial charge in [-0.3, -0.25) is 9.79 Å². The Bertz CT molecular complexity index is 787. The van der Waals surface area contributed by atoms with Crippen molar-refractivity contribution in [1.29, 1.82) is 0 Å². The number of urea groups is 1. The van der Waals surface area contributed by atoms with Crippen LogP contribution in [0, 0.1) is 0 Å². The van der Waals surface area contributed by atoms with E-state index < -0.39 is 23.4 Å². The standard InChI is InChI=1S/C19H25F3N6O2/c20-19(21,22)16(24)15(12-27-14-4-2-1-3-5-14)17(29)25-8-9-26-18(30)28-10-6-13(23)7-11-28/h1-5,12-13H,6-11,23-24H2,(H,25,29)(H,26,30). The van der Waals surface area contributed by atoms with Crippen molar-refractivity contribution in [3.8, 4) is 0 Å². The number of benzene rings is 1. The monoisotopic (exact) mass is 426 g/mol. The van der Waals surface area contributed by atoms with Crippen molar-refractivity contribution in [1.82, 2.24) is 15.5 Å². The Hall–Kier alpha value is -3.08. The highest BCUT2D eigenvalue weighted by Crippen LogP contribution is 2.24. The van der Waals surface area contributed by atoms with Crippen molar-refractivity contribution in [2.75, 3.05) is 26.2 Å². The van der Waals surface area contributed by atoms with Gasteiger partial charge in [-0.2, -0.15) is 13.2 Å². The molecule has 30 heavy (non-hydrogen) atoms. The Morgan fingerprint density at radius 1 is 1.13 bits per heavy atom. The minimum Gasteiger partial charge on any atom is -0.394 e. The SMILES string of the molecule is NC(=C(C=Nc1ccccc1)C(=O)NCCNC(=O)N1CCC(N)CC1)C(F)(F)F. The molecule has 6 N–H and O–H groups in total. The first-order valence-electron chi connectivity index (χ1n) is 9.41. The second-order valence-corrected chi connectivity index (χ2v) is 6.73. The molecule has 0 spiro atoms. The van der Waals surface area contributed by atoms with E-state index in [0.29, 0.717) is 31.6 Å². The number of para-hydroxylation sites is 1. The van der Waals surface area contributed by atoms with E-state index in [1.165, 1.54) is 0 Å². The molecule has 0 atom stereocenters. The molecule has 0 bridgehead atoms. The van der Waals surface area contributed by atoms with Crippen molar-refractivity contribution in [2.24, 2.45) is 16.5 Å². The van der Waals surface area contributed by atoms with Gasteiger partial charge in [0.1, 0.15) is 5.70 Å². The molecule has 1 saturated heterocycles. The molecular formula is C19H25F3N6O2. The number of hydrogen-bond acceptors (Lipinski definition) is 5. The van der Waals surface area contributed by atoms with E-state index in [2.05, 4.69) is 15.6 Å². The van der Waals surface area contributed by atoms with Gasteiger partial charge < -0.3 is 27.0 Å².